The van der Waals surface area contributed by atoms with Crippen molar-refractivity contribution in [3.63, 3.8) is 0 Å². The standard InChI is InChI=1S/C26H22Cl2N4O3/c1-32-21-5-3-2-4-19(21)23(16-6-8-17(9-7-16)24(29)34)31-25(26(32)35)30-22(33)13-11-15-10-12-18(27)14-20(15)28/h2-10,12,14,25H,11,13H2,1H3,(H2,29,34)(H,30,33). The van der Waals surface area contributed by atoms with Crippen molar-refractivity contribution in [1.29, 1.82) is 0 Å². The van der Waals surface area contributed by atoms with Crippen LogP contribution < -0.4 is 16.0 Å². The van der Waals surface area contributed by atoms with Gasteiger partial charge in [0.2, 0.25) is 18.0 Å². The van der Waals surface area contributed by atoms with Crippen LogP contribution in [0.1, 0.15) is 33.5 Å². The normalized spacial score (nSPS) is 15.2. The number of nitrogens with zero attached hydrogens (tertiary/aromatic N) is 2. The van der Waals surface area contributed by atoms with Crippen LogP contribution in [-0.2, 0) is 16.0 Å². The van der Waals surface area contributed by atoms with Gasteiger partial charge in [0, 0.05) is 40.2 Å². The number of fused-ring (bicyclic) bond motifs is 1. The molecule has 0 radical (unpaired) electrons. The number of rotatable bonds is 6. The molecule has 178 valence electrons. The molecule has 3 amide bonds. The smallest absolute Gasteiger partial charge is 0.272 e. The first-order chi connectivity index (χ1) is 16.7. The summed E-state index contributed by atoms with van der Waals surface area (Å²) in [6.07, 6.45) is -0.643. The largest absolute Gasteiger partial charge is 0.366 e. The average Bonchev–Trinajstić information content (AvgIpc) is 2.94. The highest BCUT2D eigenvalue weighted by Crippen LogP contribution is 2.27. The minimum absolute atomic E-state index is 0.111. The minimum atomic E-state index is -1.13. The molecule has 0 fully saturated rings. The molecule has 1 aliphatic rings. The summed E-state index contributed by atoms with van der Waals surface area (Å²) < 4.78 is 0. The van der Waals surface area contributed by atoms with Gasteiger partial charge in [-0.05, 0) is 42.3 Å². The Morgan fingerprint density at radius 2 is 1.77 bits per heavy atom. The summed E-state index contributed by atoms with van der Waals surface area (Å²) in [5.41, 5.74) is 9.06. The number of para-hydroxylation sites is 1. The number of halogens is 2. The van der Waals surface area contributed by atoms with Gasteiger partial charge in [0.1, 0.15) is 0 Å². The first-order valence-corrected chi connectivity index (χ1v) is 11.6. The zero-order valence-corrected chi connectivity index (χ0v) is 20.3. The minimum Gasteiger partial charge on any atom is -0.366 e. The van der Waals surface area contributed by atoms with Crippen molar-refractivity contribution in [3.8, 4) is 0 Å². The number of likely N-dealkylation sites (N-methyl/N-ethyl adjacent to an activating group) is 1. The van der Waals surface area contributed by atoms with Crippen LogP contribution in [-0.4, -0.2) is 36.6 Å². The maximum atomic E-state index is 13.2. The molecule has 9 heteroatoms. The number of hydrogen-bond donors (Lipinski definition) is 2. The van der Waals surface area contributed by atoms with Gasteiger partial charge in [-0.15, -0.1) is 0 Å². The van der Waals surface area contributed by atoms with Crippen molar-refractivity contribution >= 4 is 52.3 Å². The highest BCUT2D eigenvalue weighted by Gasteiger charge is 2.30. The summed E-state index contributed by atoms with van der Waals surface area (Å²) in [7, 11) is 1.64. The maximum Gasteiger partial charge on any atom is 0.272 e. The number of nitrogens with two attached hydrogens (primary N) is 1. The van der Waals surface area contributed by atoms with E-state index in [1.165, 1.54) is 4.90 Å². The third kappa shape index (κ3) is 5.37. The Morgan fingerprint density at radius 3 is 2.46 bits per heavy atom. The van der Waals surface area contributed by atoms with E-state index in [0.717, 1.165) is 11.1 Å². The number of anilines is 1. The number of aryl methyl sites for hydroxylation is 1. The molecule has 7 nitrogen and oxygen atoms in total. The van der Waals surface area contributed by atoms with Gasteiger partial charge < -0.3 is 16.0 Å². The van der Waals surface area contributed by atoms with Crippen molar-refractivity contribution in [2.24, 2.45) is 10.7 Å². The molecule has 0 bridgehead atoms. The van der Waals surface area contributed by atoms with E-state index in [1.807, 2.05) is 24.3 Å². The lowest BCUT2D eigenvalue weighted by Gasteiger charge is -2.20. The van der Waals surface area contributed by atoms with Crippen molar-refractivity contribution in [2.75, 3.05) is 11.9 Å². The number of carbonyl (C=O) groups is 3. The SMILES string of the molecule is CN1C(=O)C(NC(=O)CCc2ccc(Cl)cc2Cl)N=C(c2ccc(C(N)=O)cc2)c2ccccc21. The van der Waals surface area contributed by atoms with Crippen LogP contribution in [0.2, 0.25) is 10.0 Å². The zero-order chi connectivity index (χ0) is 25.1. The molecule has 0 aromatic heterocycles. The molecule has 1 atom stereocenters. The van der Waals surface area contributed by atoms with E-state index in [9.17, 15) is 14.4 Å². The Hall–Kier alpha value is -3.68. The predicted molar refractivity (Wildman–Crippen MR) is 137 cm³/mol. The van der Waals surface area contributed by atoms with Crippen LogP contribution in [0.15, 0.2) is 71.7 Å². The van der Waals surface area contributed by atoms with Crippen LogP contribution in [0.4, 0.5) is 5.69 Å². The second-order valence-electron chi connectivity index (χ2n) is 8.04. The van der Waals surface area contributed by atoms with Crippen molar-refractivity contribution in [3.05, 3.63) is 99.0 Å². The molecule has 3 aromatic carbocycles. The summed E-state index contributed by atoms with van der Waals surface area (Å²) in [5.74, 6) is -1.26. The number of nitrogens with one attached hydrogen (secondary N) is 1. The van der Waals surface area contributed by atoms with Crippen molar-refractivity contribution < 1.29 is 14.4 Å². The van der Waals surface area contributed by atoms with Gasteiger partial charge in [-0.1, -0.05) is 59.6 Å². The van der Waals surface area contributed by atoms with E-state index in [4.69, 9.17) is 28.9 Å². The van der Waals surface area contributed by atoms with Gasteiger partial charge >= 0.3 is 0 Å². The molecule has 3 N–H and O–H groups in total. The molecule has 1 aliphatic heterocycles. The Balaban J connectivity index is 1.63. The molecule has 3 aromatic rings. The van der Waals surface area contributed by atoms with E-state index in [2.05, 4.69) is 10.3 Å². The summed E-state index contributed by atoms with van der Waals surface area (Å²) in [4.78, 5) is 43.6. The van der Waals surface area contributed by atoms with Crippen LogP contribution in [0.3, 0.4) is 0 Å². The maximum absolute atomic E-state index is 13.2. The Kier molecular flexibility index (Phi) is 7.19. The molecule has 0 saturated heterocycles. The molecule has 0 aliphatic carbocycles. The molecular formula is C26H22Cl2N4O3. The fourth-order valence-corrected chi connectivity index (χ4v) is 4.34. The third-order valence-electron chi connectivity index (χ3n) is 5.72. The molecule has 1 unspecified atom stereocenters. The first-order valence-electron chi connectivity index (χ1n) is 10.8. The second-order valence-corrected chi connectivity index (χ2v) is 8.88. The summed E-state index contributed by atoms with van der Waals surface area (Å²) in [5, 5.41) is 3.74. The zero-order valence-electron chi connectivity index (χ0n) is 18.8. The van der Waals surface area contributed by atoms with Gasteiger partial charge in [0.15, 0.2) is 0 Å². The fraction of sp³-hybridized carbons (Fsp3) is 0.154. The lowest BCUT2D eigenvalue weighted by molar-refractivity contribution is -0.127. The van der Waals surface area contributed by atoms with Crippen LogP contribution in [0.25, 0.3) is 0 Å². The molecule has 35 heavy (non-hydrogen) atoms. The summed E-state index contributed by atoms with van der Waals surface area (Å²) in [6.45, 7) is 0. The first kappa shape index (κ1) is 24.4. The van der Waals surface area contributed by atoms with Crippen molar-refractivity contribution in [1.82, 2.24) is 5.32 Å². The van der Waals surface area contributed by atoms with E-state index in [0.29, 0.717) is 39.0 Å². The Labute approximate surface area is 212 Å². The van der Waals surface area contributed by atoms with E-state index >= 15 is 0 Å². The highest BCUT2D eigenvalue weighted by atomic mass is 35.5. The topological polar surface area (TPSA) is 105 Å². The summed E-state index contributed by atoms with van der Waals surface area (Å²) >= 11 is 12.1. The van der Waals surface area contributed by atoms with E-state index in [-0.39, 0.29) is 18.2 Å². The molecular weight excluding hydrogens is 487 g/mol. The quantitative estimate of drug-likeness (QED) is 0.525. The second kappa shape index (κ2) is 10.3. The van der Waals surface area contributed by atoms with Crippen LogP contribution in [0.5, 0.6) is 0 Å². The molecule has 0 saturated carbocycles. The van der Waals surface area contributed by atoms with Gasteiger partial charge in [-0.3, -0.25) is 14.4 Å². The number of hydrogen-bond acceptors (Lipinski definition) is 4. The van der Waals surface area contributed by atoms with Gasteiger partial charge in [-0.25, -0.2) is 4.99 Å². The van der Waals surface area contributed by atoms with Crippen molar-refractivity contribution in [2.45, 2.75) is 19.0 Å². The summed E-state index contributed by atoms with van der Waals surface area (Å²) in [6, 6.07) is 19.1. The number of benzene rings is 3. The molecule has 4 rings (SSSR count). The predicted octanol–water partition coefficient (Wildman–Crippen LogP) is 3.98. The Morgan fingerprint density at radius 1 is 1.06 bits per heavy atom. The van der Waals surface area contributed by atoms with E-state index in [1.54, 1.807) is 49.5 Å². The van der Waals surface area contributed by atoms with Crippen LogP contribution in [0, 0.1) is 0 Å². The Bertz CT molecular complexity index is 1340. The molecule has 0 spiro atoms. The van der Waals surface area contributed by atoms with Gasteiger partial charge in [0.25, 0.3) is 5.91 Å². The number of amides is 3. The van der Waals surface area contributed by atoms with Gasteiger partial charge in [0.05, 0.1) is 11.4 Å². The number of benzodiazepines with no additional fused rings is 1. The number of primary amides is 1. The number of carbonyl (C=O) groups excluding carboxylic acids is 3. The van der Waals surface area contributed by atoms with Gasteiger partial charge in [-0.2, -0.15) is 0 Å². The average molecular weight is 509 g/mol. The van der Waals surface area contributed by atoms with Crippen LogP contribution >= 0.6 is 23.2 Å². The lowest BCUT2D eigenvalue weighted by Crippen LogP contribution is -2.46. The highest BCUT2D eigenvalue weighted by molar-refractivity contribution is 6.35. The monoisotopic (exact) mass is 508 g/mol. The third-order valence-corrected chi connectivity index (χ3v) is 6.31. The fourth-order valence-electron chi connectivity index (χ4n) is 3.84. The number of aliphatic imine (C=N–C) groups is 1. The van der Waals surface area contributed by atoms with E-state index < -0.39 is 12.1 Å². The molecule has 1 heterocycles. The lowest BCUT2D eigenvalue weighted by atomic mass is 9.99.